The lowest BCUT2D eigenvalue weighted by Crippen LogP contribution is -2.29. The van der Waals surface area contributed by atoms with E-state index in [0.29, 0.717) is 0 Å². The van der Waals surface area contributed by atoms with Crippen LogP contribution in [-0.2, 0) is 0 Å². The molecule has 2 rings (SSSR count). The number of hydrogen-bond acceptors (Lipinski definition) is 6. The number of hydrogen-bond donors (Lipinski definition) is 2. The van der Waals surface area contributed by atoms with E-state index in [1.165, 1.54) is 18.9 Å². The summed E-state index contributed by atoms with van der Waals surface area (Å²) >= 11 is 0. The average molecular weight is 205 g/mol. The molecule has 7 heteroatoms. The first-order chi connectivity index (χ1) is 7.36. The number of aromatic nitrogens is 3. The fourth-order valence-corrected chi connectivity index (χ4v) is 0.886. The zero-order valence-corrected chi connectivity index (χ0v) is 7.54. The molecule has 0 aliphatic rings. The third kappa shape index (κ3) is 2.27. The van der Waals surface area contributed by atoms with Crippen LogP contribution in [0.25, 0.3) is 0 Å². The smallest absolute Gasteiger partial charge is 0.305 e. The third-order valence-electron chi connectivity index (χ3n) is 1.53. The number of furan rings is 1. The number of nitrogens with one attached hydrogen (secondary N) is 2. The Morgan fingerprint density at radius 3 is 2.80 bits per heavy atom. The molecule has 0 aromatic carbocycles. The monoisotopic (exact) mass is 205 g/mol. The van der Waals surface area contributed by atoms with Crippen LogP contribution in [0.15, 0.2) is 35.5 Å². The Hall–Kier alpha value is -2.44. The molecular formula is C8H7N5O2. The van der Waals surface area contributed by atoms with Crippen molar-refractivity contribution in [2.24, 2.45) is 0 Å². The number of rotatable bonds is 3. The van der Waals surface area contributed by atoms with Crippen molar-refractivity contribution in [1.82, 2.24) is 20.4 Å². The fraction of sp³-hybridized carbons (Fsp3) is 0. The van der Waals surface area contributed by atoms with Crippen molar-refractivity contribution in [2.75, 3.05) is 5.43 Å². The van der Waals surface area contributed by atoms with Gasteiger partial charge in [0, 0.05) is 0 Å². The van der Waals surface area contributed by atoms with E-state index in [0.717, 1.165) is 0 Å². The van der Waals surface area contributed by atoms with Gasteiger partial charge in [0.15, 0.2) is 5.76 Å². The predicted octanol–water partition coefficient (Wildman–Crippen LogP) is 0.221. The molecule has 0 aliphatic heterocycles. The van der Waals surface area contributed by atoms with Crippen LogP contribution in [0, 0.1) is 0 Å². The first kappa shape index (κ1) is 9.13. The molecule has 1 amide bonds. The van der Waals surface area contributed by atoms with Gasteiger partial charge in [-0.15, -0.1) is 0 Å². The van der Waals surface area contributed by atoms with Gasteiger partial charge in [-0.3, -0.25) is 15.6 Å². The second-order valence-corrected chi connectivity index (χ2v) is 2.52. The van der Waals surface area contributed by atoms with E-state index in [4.69, 9.17) is 4.42 Å². The second-order valence-electron chi connectivity index (χ2n) is 2.52. The normalized spacial score (nSPS) is 9.60. The second kappa shape index (κ2) is 4.18. The predicted molar refractivity (Wildman–Crippen MR) is 49.6 cm³/mol. The van der Waals surface area contributed by atoms with E-state index in [1.807, 2.05) is 0 Å². The van der Waals surface area contributed by atoms with E-state index in [2.05, 4.69) is 25.8 Å². The molecular weight excluding hydrogens is 198 g/mol. The highest BCUT2D eigenvalue weighted by Gasteiger charge is 2.07. The van der Waals surface area contributed by atoms with Crippen molar-refractivity contribution in [3.05, 3.63) is 36.8 Å². The molecule has 0 unspecified atom stereocenters. The molecule has 2 aromatic heterocycles. The summed E-state index contributed by atoms with van der Waals surface area (Å²) in [5, 5.41) is 0. The molecule has 0 spiro atoms. The van der Waals surface area contributed by atoms with Crippen LogP contribution in [0.5, 0.6) is 0 Å². The number of carbonyl (C=O) groups excluding carboxylic acids is 1. The van der Waals surface area contributed by atoms with Gasteiger partial charge in [0.25, 0.3) is 0 Å². The molecule has 0 atom stereocenters. The largest absolute Gasteiger partial charge is 0.459 e. The summed E-state index contributed by atoms with van der Waals surface area (Å²) in [5.41, 5.74) is 4.88. The van der Waals surface area contributed by atoms with E-state index >= 15 is 0 Å². The summed E-state index contributed by atoms with van der Waals surface area (Å²) in [6.45, 7) is 0. The number of carbonyl (C=O) groups is 1. The minimum absolute atomic E-state index is 0.205. The highest BCUT2D eigenvalue weighted by molar-refractivity contribution is 5.91. The van der Waals surface area contributed by atoms with Crippen LogP contribution >= 0.6 is 0 Å². The van der Waals surface area contributed by atoms with Gasteiger partial charge in [-0.1, -0.05) is 0 Å². The van der Waals surface area contributed by atoms with Gasteiger partial charge in [-0.25, -0.2) is 4.98 Å². The van der Waals surface area contributed by atoms with E-state index in [9.17, 15) is 4.79 Å². The lowest BCUT2D eigenvalue weighted by atomic mass is 10.4. The van der Waals surface area contributed by atoms with Crippen LogP contribution in [0.2, 0.25) is 0 Å². The Kier molecular flexibility index (Phi) is 2.54. The van der Waals surface area contributed by atoms with Crippen molar-refractivity contribution in [3.63, 3.8) is 0 Å². The Balaban J connectivity index is 1.92. The van der Waals surface area contributed by atoms with E-state index in [1.54, 1.807) is 12.1 Å². The Morgan fingerprint density at radius 2 is 2.13 bits per heavy atom. The Morgan fingerprint density at radius 1 is 1.33 bits per heavy atom. The van der Waals surface area contributed by atoms with Gasteiger partial charge in [0.2, 0.25) is 5.95 Å². The molecule has 2 heterocycles. The molecule has 0 bridgehead atoms. The molecule has 0 saturated carbocycles. The molecule has 2 aromatic rings. The Labute approximate surface area is 84.5 Å². The lowest BCUT2D eigenvalue weighted by Gasteiger charge is -2.03. The summed E-state index contributed by atoms with van der Waals surface area (Å²) in [4.78, 5) is 22.5. The zero-order chi connectivity index (χ0) is 10.5. The first-order valence-electron chi connectivity index (χ1n) is 4.08. The van der Waals surface area contributed by atoms with Crippen molar-refractivity contribution in [2.45, 2.75) is 0 Å². The summed E-state index contributed by atoms with van der Waals surface area (Å²) < 4.78 is 4.88. The molecule has 0 radical (unpaired) electrons. The van der Waals surface area contributed by atoms with Crippen molar-refractivity contribution >= 4 is 11.9 Å². The van der Waals surface area contributed by atoms with E-state index < -0.39 is 5.91 Å². The maximum atomic E-state index is 11.3. The minimum atomic E-state index is -0.402. The van der Waals surface area contributed by atoms with Gasteiger partial charge >= 0.3 is 5.91 Å². The van der Waals surface area contributed by atoms with Crippen molar-refractivity contribution < 1.29 is 9.21 Å². The third-order valence-corrected chi connectivity index (χ3v) is 1.53. The number of anilines is 1. The molecule has 0 aliphatic carbocycles. The van der Waals surface area contributed by atoms with Crippen LogP contribution in [0.1, 0.15) is 10.6 Å². The maximum Gasteiger partial charge on any atom is 0.305 e. The van der Waals surface area contributed by atoms with Crippen LogP contribution in [0.4, 0.5) is 5.95 Å². The molecule has 2 N–H and O–H groups in total. The quantitative estimate of drug-likeness (QED) is 0.696. The zero-order valence-electron chi connectivity index (χ0n) is 7.54. The van der Waals surface area contributed by atoms with Gasteiger partial charge < -0.3 is 4.42 Å². The molecule has 76 valence electrons. The molecule has 0 saturated heterocycles. The highest BCUT2D eigenvalue weighted by atomic mass is 16.3. The van der Waals surface area contributed by atoms with E-state index in [-0.39, 0.29) is 11.7 Å². The van der Waals surface area contributed by atoms with Gasteiger partial charge in [0.05, 0.1) is 6.26 Å². The average Bonchev–Trinajstić information content (AvgIpc) is 2.81. The van der Waals surface area contributed by atoms with Crippen LogP contribution in [-0.4, -0.2) is 20.9 Å². The number of amides is 1. The SMILES string of the molecule is O=C(NNc1ncncn1)c1ccco1. The minimum Gasteiger partial charge on any atom is -0.459 e. The topological polar surface area (TPSA) is 92.9 Å². The number of nitrogens with zero attached hydrogens (tertiary/aromatic N) is 3. The van der Waals surface area contributed by atoms with Gasteiger partial charge in [0.1, 0.15) is 12.7 Å². The van der Waals surface area contributed by atoms with Gasteiger partial charge in [-0.05, 0) is 12.1 Å². The summed E-state index contributed by atoms with van der Waals surface area (Å²) in [6.07, 6.45) is 4.04. The van der Waals surface area contributed by atoms with Gasteiger partial charge in [-0.2, -0.15) is 9.97 Å². The van der Waals surface area contributed by atoms with Crippen molar-refractivity contribution in [3.8, 4) is 0 Å². The highest BCUT2D eigenvalue weighted by Crippen LogP contribution is 1.99. The Bertz CT molecular complexity index is 428. The fourth-order valence-electron chi connectivity index (χ4n) is 0.886. The first-order valence-corrected chi connectivity index (χ1v) is 4.08. The summed E-state index contributed by atoms with van der Waals surface area (Å²) in [7, 11) is 0. The molecule has 0 fully saturated rings. The summed E-state index contributed by atoms with van der Waals surface area (Å²) in [5.74, 6) is 0.0573. The standard InChI is InChI=1S/C8H7N5O2/c14-7(6-2-1-3-15-6)12-13-8-10-4-9-5-11-8/h1-5H,(H,12,14)(H,9,10,11,13). The van der Waals surface area contributed by atoms with Crippen LogP contribution in [0.3, 0.4) is 0 Å². The maximum absolute atomic E-state index is 11.3. The molecule has 15 heavy (non-hydrogen) atoms. The molecule has 7 nitrogen and oxygen atoms in total. The van der Waals surface area contributed by atoms with Crippen molar-refractivity contribution in [1.29, 1.82) is 0 Å². The van der Waals surface area contributed by atoms with Crippen LogP contribution < -0.4 is 10.9 Å². The summed E-state index contributed by atoms with van der Waals surface area (Å²) in [6, 6.07) is 3.17. The lowest BCUT2D eigenvalue weighted by molar-refractivity contribution is 0.0935. The number of hydrazine groups is 1.